The Bertz CT molecular complexity index is 3120. The van der Waals surface area contributed by atoms with Gasteiger partial charge in [-0.1, -0.05) is 185 Å². The quantitative estimate of drug-likeness (QED) is 0.167. The lowest BCUT2D eigenvalue weighted by atomic mass is 9.59. The van der Waals surface area contributed by atoms with E-state index in [1.54, 1.807) is 11.1 Å². The van der Waals surface area contributed by atoms with E-state index in [9.17, 15) is 0 Å². The van der Waals surface area contributed by atoms with Crippen LogP contribution in [0.25, 0.3) is 44.5 Å². The molecule has 0 amide bonds. The molecule has 4 saturated carbocycles. The third-order valence-electron chi connectivity index (χ3n) is 17.7. The molecule has 4 fully saturated rings. The van der Waals surface area contributed by atoms with E-state index in [0.29, 0.717) is 5.92 Å². The van der Waals surface area contributed by atoms with Crippen molar-refractivity contribution in [3.63, 3.8) is 0 Å². The van der Waals surface area contributed by atoms with E-state index in [-0.39, 0.29) is 27.1 Å². The third kappa shape index (κ3) is 6.39. The summed E-state index contributed by atoms with van der Waals surface area (Å²) in [7, 11) is 0. The van der Waals surface area contributed by atoms with Gasteiger partial charge in [0.15, 0.2) is 0 Å². The molecule has 5 atom stereocenters. The van der Waals surface area contributed by atoms with E-state index in [4.69, 9.17) is 0 Å². The van der Waals surface area contributed by atoms with Crippen molar-refractivity contribution in [3.05, 3.63) is 185 Å². The third-order valence-corrected chi connectivity index (χ3v) is 17.7. The summed E-state index contributed by atoms with van der Waals surface area (Å²) < 4.78 is 0. The number of anilines is 3. The molecule has 1 nitrogen and oxygen atoms in total. The van der Waals surface area contributed by atoms with Crippen molar-refractivity contribution in [1.82, 2.24) is 0 Å². The van der Waals surface area contributed by atoms with Gasteiger partial charge in [0, 0.05) is 27.8 Å². The summed E-state index contributed by atoms with van der Waals surface area (Å²) in [6.07, 6.45) is 5.57. The number of rotatable bonds is 5. The van der Waals surface area contributed by atoms with Crippen LogP contribution in [-0.2, 0) is 27.1 Å². The van der Waals surface area contributed by atoms with Gasteiger partial charge >= 0.3 is 0 Å². The maximum atomic E-state index is 2.68. The van der Waals surface area contributed by atoms with Gasteiger partial charge in [-0.2, -0.15) is 0 Å². The van der Waals surface area contributed by atoms with E-state index in [1.165, 1.54) is 115 Å². The summed E-state index contributed by atoms with van der Waals surface area (Å²) in [5.74, 6) is 3.17. The molecule has 6 aliphatic rings. The lowest BCUT2D eigenvalue weighted by Gasteiger charge is -2.44. The van der Waals surface area contributed by atoms with Crippen molar-refractivity contribution in [3.8, 4) is 44.5 Å². The Morgan fingerprint density at radius 2 is 1.00 bits per heavy atom. The van der Waals surface area contributed by atoms with Gasteiger partial charge in [0.2, 0.25) is 0 Å². The fourth-order valence-electron chi connectivity index (χ4n) is 14.3. The van der Waals surface area contributed by atoms with Crippen LogP contribution in [0.5, 0.6) is 0 Å². The summed E-state index contributed by atoms with van der Waals surface area (Å²) in [4.78, 5) is 2.65. The van der Waals surface area contributed by atoms with Crippen LogP contribution < -0.4 is 4.90 Å². The van der Waals surface area contributed by atoms with Crippen molar-refractivity contribution < 1.29 is 0 Å². The van der Waals surface area contributed by atoms with E-state index in [0.717, 1.165) is 17.8 Å². The van der Waals surface area contributed by atoms with Crippen molar-refractivity contribution in [2.24, 2.45) is 23.7 Å². The first-order chi connectivity index (χ1) is 31.8. The summed E-state index contributed by atoms with van der Waals surface area (Å²) in [6.45, 7) is 25.9. The van der Waals surface area contributed by atoms with Gasteiger partial charge < -0.3 is 4.90 Å². The monoisotopic (exact) mass is 876 g/mol. The SMILES string of the molecule is CC(C)(C)c1cccc(-c2cc(-c3cc(C(C)(C)C)cc(C(C)(C)C)c3)ccc2N(c2ccc3c(c2)C(C)(C)c2ccccc2-3)c2ccc3c(c2)C2(c4ccccc4-3)C3CC4CC(C3)C2C4)c1. The second-order valence-corrected chi connectivity index (χ2v) is 25.1. The molecule has 4 bridgehead atoms. The normalized spacial score (nSPS) is 22.8. The first kappa shape index (κ1) is 42.7. The number of nitrogens with zero attached hydrogens (tertiary/aromatic N) is 1. The second-order valence-electron chi connectivity index (χ2n) is 25.1. The van der Waals surface area contributed by atoms with Gasteiger partial charge in [0.1, 0.15) is 0 Å². The molecule has 67 heavy (non-hydrogen) atoms. The van der Waals surface area contributed by atoms with Crippen molar-refractivity contribution in [2.75, 3.05) is 4.90 Å². The molecular formula is C66H69N. The van der Waals surface area contributed by atoms with Crippen LogP contribution >= 0.6 is 0 Å². The highest BCUT2D eigenvalue weighted by Gasteiger charge is 2.66. The van der Waals surface area contributed by atoms with Gasteiger partial charge in [-0.25, -0.2) is 0 Å². The Hall–Kier alpha value is -5.66. The highest BCUT2D eigenvalue weighted by atomic mass is 15.1. The highest BCUT2D eigenvalue weighted by molar-refractivity contribution is 5.94. The fourth-order valence-corrected chi connectivity index (χ4v) is 14.3. The van der Waals surface area contributed by atoms with Crippen LogP contribution in [-0.4, -0.2) is 0 Å². The number of fused-ring (bicyclic) bond motifs is 6. The van der Waals surface area contributed by atoms with E-state index in [1.807, 2.05) is 0 Å². The van der Waals surface area contributed by atoms with Gasteiger partial charge in [-0.3, -0.25) is 0 Å². The first-order valence-electron chi connectivity index (χ1n) is 25.5. The predicted molar refractivity (Wildman–Crippen MR) is 284 cm³/mol. The molecule has 7 aromatic carbocycles. The van der Waals surface area contributed by atoms with E-state index >= 15 is 0 Å². The molecule has 7 aromatic rings. The maximum Gasteiger partial charge on any atom is 0.0540 e. The van der Waals surface area contributed by atoms with Crippen LogP contribution in [0.1, 0.15) is 141 Å². The zero-order valence-corrected chi connectivity index (χ0v) is 41.9. The number of benzene rings is 7. The largest absolute Gasteiger partial charge is 0.310 e. The molecule has 0 radical (unpaired) electrons. The Balaban J connectivity index is 1.12. The standard InChI is InChI=1S/C66H69N/c1-62(2,3)45-18-16-17-42(32-45)55-36-41(43-33-46(63(4,5)6)37-47(34-43)64(7,8)9)23-28-61(55)67(49-24-26-53-51-19-12-14-21-56(51)65(10,11)59(53)38-49)50-25-27-54-52-20-13-15-22-57(52)66(60(54)39-50)48-30-40-29-44(35-48)58(66)31-40/h12-28,32-34,36-40,44,48,58H,29-31,35H2,1-11H3. The molecule has 0 aliphatic heterocycles. The zero-order valence-electron chi connectivity index (χ0n) is 41.9. The molecule has 0 aromatic heterocycles. The molecule has 338 valence electrons. The Morgan fingerprint density at radius 1 is 0.418 bits per heavy atom. The minimum absolute atomic E-state index is 0.0000847. The molecule has 0 N–H and O–H groups in total. The Morgan fingerprint density at radius 3 is 1.66 bits per heavy atom. The van der Waals surface area contributed by atoms with E-state index in [2.05, 4.69) is 227 Å². The summed E-state index contributed by atoms with van der Waals surface area (Å²) >= 11 is 0. The van der Waals surface area contributed by atoms with Crippen LogP contribution in [0.3, 0.4) is 0 Å². The van der Waals surface area contributed by atoms with Gasteiger partial charge in [0.05, 0.1) is 5.69 Å². The van der Waals surface area contributed by atoms with Crippen molar-refractivity contribution in [1.29, 1.82) is 0 Å². The Labute approximate surface area is 401 Å². The fraction of sp³-hybridized carbons (Fsp3) is 0.364. The molecule has 13 rings (SSSR count). The van der Waals surface area contributed by atoms with Crippen molar-refractivity contribution >= 4 is 17.1 Å². The van der Waals surface area contributed by atoms with Gasteiger partial charge in [0.25, 0.3) is 0 Å². The molecular weight excluding hydrogens is 807 g/mol. The molecule has 6 aliphatic carbocycles. The lowest BCUT2D eigenvalue weighted by molar-refractivity contribution is 0.191. The molecule has 5 unspecified atom stereocenters. The van der Waals surface area contributed by atoms with Crippen molar-refractivity contribution in [2.45, 2.75) is 129 Å². The van der Waals surface area contributed by atoms with Crippen LogP contribution in [0.2, 0.25) is 0 Å². The second kappa shape index (κ2) is 14.4. The number of hydrogen-bond donors (Lipinski definition) is 0. The zero-order chi connectivity index (χ0) is 46.6. The summed E-state index contributed by atoms with van der Waals surface area (Å²) in [6, 6.07) is 57.8. The van der Waals surface area contributed by atoms with Crippen LogP contribution in [0, 0.1) is 23.7 Å². The predicted octanol–water partition coefficient (Wildman–Crippen LogP) is 18.0. The minimum Gasteiger partial charge on any atom is -0.310 e. The van der Waals surface area contributed by atoms with E-state index < -0.39 is 0 Å². The smallest absolute Gasteiger partial charge is 0.0540 e. The first-order valence-corrected chi connectivity index (χ1v) is 25.5. The summed E-state index contributed by atoms with van der Waals surface area (Å²) in [5, 5.41) is 0. The summed E-state index contributed by atoms with van der Waals surface area (Å²) in [5.41, 5.74) is 24.5. The minimum atomic E-state index is -0.129. The van der Waals surface area contributed by atoms with Gasteiger partial charge in [-0.15, -0.1) is 0 Å². The van der Waals surface area contributed by atoms with Crippen LogP contribution in [0.15, 0.2) is 146 Å². The number of hydrogen-bond acceptors (Lipinski definition) is 1. The van der Waals surface area contributed by atoms with Gasteiger partial charge in [-0.05, 0) is 180 Å². The molecule has 0 saturated heterocycles. The molecule has 0 heterocycles. The Kier molecular flexibility index (Phi) is 9.19. The average Bonchev–Trinajstić information content (AvgIpc) is 3.92. The maximum absolute atomic E-state index is 2.68. The van der Waals surface area contributed by atoms with Crippen LogP contribution in [0.4, 0.5) is 17.1 Å². The average molecular weight is 876 g/mol. The molecule has 1 heteroatoms. The lowest BCUT2D eigenvalue weighted by Crippen LogP contribution is -2.40. The topological polar surface area (TPSA) is 3.24 Å². The molecule has 1 spiro atoms. The highest BCUT2D eigenvalue weighted by Crippen LogP contribution is 2.73.